The highest BCUT2D eigenvalue weighted by Gasteiger charge is 2.44. The van der Waals surface area contributed by atoms with Crippen molar-refractivity contribution < 1.29 is 5.11 Å². The first-order valence-electron chi connectivity index (χ1n) is 9.44. The quantitative estimate of drug-likeness (QED) is 0.836. The molecule has 0 aromatic rings. The summed E-state index contributed by atoms with van der Waals surface area (Å²) in [6, 6.07) is 2.30. The number of hydrogen-bond donors (Lipinski definition) is 2. The summed E-state index contributed by atoms with van der Waals surface area (Å²) in [6.07, 6.45) is 14.9. The number of nitrogens with one attached hydrogen (secondary N) is 1. The number of likely N-dealkylation sites (tertiary alicyclic amines) is 1. The third-order valence-corrected chi connectivity index (χ3v) is 6.71. The van der Waals surface area contributed by atoms with Gasteiger partial charge in [0, 0.05) is 23.7 Å². The molecule has 4 fully saturated rings. The minimum atomic E-state index is 0.0373. The lowest BCUT2D eigenvalue weighted by Crippen LogP contribution is -2.59. The summed E-state index contributed by atoms with van der Waals surface area (Å²) >= 11 is 0. The number of hydrogen-bond acceptors (Lipinski definition) is 3. The van der Waals surface area contributed by atoms with E-state index in [1.807, 2.05) is 0 Å². The van der Waals surface area contributed by atoms with Crippen LogP contribution in [0.5, 0.6) is 0 Å². The Morgan fingerprint density at radius 3 is 2.67 bits per heavy atom. The topological polar surface area (TPSA) is 35.5 Å². The molecule has 0 aromatic carbocycles. The number of piperidine rings is 1. The molecule has 3 aliphatic carbocycles. The van der Waals surface area contributed by atoms with E-state index in [9.17, 15) is 5.11 Å². The van der Waals surface area contributed by atoms with Crippen molar-refractivity contribution in [2.24, 2.45) is 5.92 Å². The van der Waals surface area contributed by atoms with Crippen molar-refractivity contribution in [1.29, 1.82) is 0 Å². The average Bonchev–Trinajstić information content (AvgIpc) is 3.19. The van der Waals surface area contributed by atoms with Crippen LogP contribution in [0, 0.1) is 5.92 Å². The smallest absolute Gasteiger partial charge is 0.0613 e. The minimum Gasteiger partial charge on any atom is -0.394 e. The molecule has 4 rings (SSSR count). The number of aliphatic hydroxyl groups is 1. The van der Waals surface area contributed by atoms with Gasteiger partial charge in [-0.25, -0.2) is 0 Å². The Hall–Kier alpha value is -0.120. The summed E-state index contributed by atoms with van der Waals surface area (Å²) in [5.74, 6) is 0.987. The van der Waals surface area contributed by atoms with Crippen molar-refractivity contribution in [3.8, 4) is 0 Å². The molecule has 4 atom stereocenters. The summed E-state index contributed by atoms with van der Waals surface area (Å²) in [4.78, 5) is 2.87. The lowest BCUT2D eigenvalue weighted by molar-refractivity contribution is 0.00997. The van der Waals surface area contributed by atoms with Gasteiger partial charge in [0.15, 0.2) is 0 Å². The van der Waals surface area contributed by atoms with Crippen molar-refractivity contribution in [1.82, 2.24) is 10.2 Å². The van der Waals surface area contributed by atoms with Crippen LogP contribution in [0.25, 0.3) is 0 Å². The standard InChI is InChI=1S/C18H32N2O/c21-13-18(19-15-8-9-15)10-2-6-16(12-18)20-11-3-5-14-4-1-7-17(14)20/h14-17,19,21H,1-13H2. The van der Waals surface area contributed by atoms with Gasteiger partial charge in [0.05, 0.1) is 6.61 Å². The first-order valence-corrected chi connectivity index (χ1v) is 9.44. The molecule has 3 heteroatoms. The average molecular weight is 292 g/mol. The van der Waals surface area contributed by atoms with Crippen molar-refractivity contribution >= 4 is 0 Å². The Morgan fingerprint density at radius 2 is 1.86 bits per heavy atom. The molecule has 4 aliphatic rings. The van der Waals surface area contributed by atoms with Crippen LogP contribution in [0.4, 0.5) is 0 Å². The van der Waals surface area contributed by atoms with Gasteiger partial charge >= 0.3 is 0 Å². The van der Waals surface area contributed by atoms with Gasteiger partial charge in [-0.1, -0.05) is 6.42 Å². The summed E-state index contributed by atoms with van der Waals surface area (Å²) < 4.78 is 0. The van der Waals surface area contributed by atoms with Gasteiger partial charge in [-0.05, 0) is 76.7 Å². The van der Waals surface area contributed by atoms with Crippen molar-refractivity contribution in [2.75, 3.05) is 13.2 Å². The van der Waals surface area contributed by atoms with Crippen LogP contribution in [0.1, 0.15) is 70.6 Å². The van der Waals surface area contributed by atoms with Crippen LogP contribution in [0.3, 0.4) is 0 Å². The molecule has 0 spiro atoms. The van der Waals surface area contributed by atoms with E-state index < -0.39 is 0 Å². The molecule has 21 heavy (non-hydrogen) atoms. The van der Waals surface area contributed by atoms with E-state index in [1.54, 1.807) is 0 Å². The molecule has 0 radical (unpaired) electrons. The first kappa shape index (κ1) is 14.5. The normalized spacial score (nSPS) is 44.7. The van der Waals surface area contributed by atoms with Crippen molar-refractivity contribution in [3.63, 3.8) is 0 Å². The highest BCUT2D eigenvalue weighted by Crippen LogP contribution is 2.42. The molecule has 0 bridgehead atoms. The van der Waals surface area contributed by atoms with Gasteiger partial charge in [-0.3, -0.25) is 4.90 Å². The monoisotopic (exact) mass is 292 g/mol. The maximum Gasteiger partial charge on any atom is 0.0613 e. The molecule has 2 N–H and O–H groups in total. The first-order chi connectivity index (χ1) is 10.3. The molecule has 3 saturated carbocycles. The number of nitrogens with zero attached hydrogens (tertiary/aromatic N) is 1. The van der Waals surface area contributed by atoms with Crippen LogP contribution in [0.2, 0.25) is 0 Å². The van der Waals surface area contributed by atoms with Crippen LogP contribution in [0.15, 0.2) is 0 Å². The number of rotatable bonds is 4. The fourth-order valence-electron chi connectivity index (χ4n) is 5.54. The van der Waals surface area contributed by atoms with Gasteiger partial charge < -0.3 is 10.4 Å². The lowest BCUT2D eigenvalue weighted by atomic mass is 9.77. The molecule has 3 nitrogen and oxygen atoms in total. The Kier molecular flexibility index (Phi) is 4.01. The molecule has 120 valence electrons. The summed E-state index contributed by atoms with van der Waals surface area (Å²) in [5, 5.41) is 13.8. The molecule has 1 aliphatic heterocycles. The van der Waals surface area contributed by atoms with Crippen molar-refractivity contribution in [3.05, 3.63) is 0 Å². The molecular weight excluding hydrogens is 260 g/mol. The van der Waals surface area contributed by atoms with Crippen LogP contribution in [-0.4, -0.2) is 46.8 Å². The predicted molar refractivity (Wildman–Crippen MR) is 85.3 cm³/mol. The third-order valence-electron chi connectivity index (χ3n) is 6.71. The van der Waals surface area contributed by atoms with E-state index in [1.165, 1.54) is 77.2 Å². The molecule has 0 amide bonds. The van der Waals surface area contributed by atoms with E-state index in [-0.39, 0.29) is 5.54 Å². The van der Waals surface area contributed by atoms with Gasteiger partial charge in [-0.15, -0.1) is 0 Å². The summed E-state index contributed by atoms with van der Waals surface area (Å²) in [7, 11) is 0. The number of fused-ring (bicyclic) bond motifs is 1. The molecule has 1 heterocycles. The summed E-state index contributed by atoms with van der Waals surface area (Å²) in [5.41, 5.74) is 0.0373. The fourth-order valence-corrected chi connectivity index (χ4v) is 5.54. The largest absolute Gasteiger partial charge is 0.394 e. The highest BCUT2D eigenvalue weighted by atomic mass is 16.3. The molecule has 0 aromatic heterocycles. The predicted octanol–water partition coefficient (Wildman–Crippen LogP) is 2.68. The Labute approximate surface area is 129 Å². The van der Waals surface area contributed by atoms with E-state index >= 15 is 0 Å². The van der Waals surface area contributed by atoms with Gasteiger partial charge in [0.25, 0.3) is 0 Å². The Bertz CT molecular complexity index is 370. The fraction of sp³-hybridized carbons (Fsp3) is 1.00. The number of aliphatic hydroxyl groups excluding tert-OH is 1. The van der Waals surface area contributed by atoms with Gasteiger partial charge in [-0.2, -0.15) is 0 Å². The van der Waals surface area contributed by atoms with E-state index in [4.69, 9.17) is 0 Å². The molecule has 4 unspecified atom stereocenters. The maximum absolute atomic E-state index is 10.0. The van der Waals surface area contributed by atoms with Gasteiger partial charge in [0.1, 0.15) is 0 Å². The second-order valence-electron chi connectivity index (χ2n) is 8.25. The Balaban J connectivity index is 1.46. The zero-order chi connectivity index (χ0) is 14.3. The van der Waals surface area contributed by atoms with Crippen LogP contribution >= 0.6 is 0 Å². The van der Waals surface area contributed by atoms with Crippen LogP contribution in [-0.2, 0) is 0 Å². The van der Waals surface area contributed by atoms with E-state index in [0.717, 1.165) is 18.0 Å². The second-order valence-corrected chi connectivity index (χ2v) is 8.25. The molecular formula is C18H32N2O. The van der Waals surface area contributed by atoms with Crippen LogP contribution < -0.4 is 5.32 Å². The Morgan fingerprint density at radius 1 is 1.00 bits per heavy atom. The zero-order valence-corrected chi connectivity index (χ0v) is 13.4. The zero-order valence-electron chi connectivity index (χ0n) is 13.4. The highest BCUT2D eigenvalue weighted by molar-refractivity contribution is 5.02. The minimum absolute atomic E-state index is 0.0373. The third kappa shape index (κ3) is 2.89. The van der Waals surface area contributed by atoms with E-state index in [0.29, 0.717) is 12.6 Å². The second kappa shape index (κ2) is 5.82. The SMILES string of the molecule is OCC1(NC2CC2)CCCC(N2CCCC3CCCC32)C1. The lowest BCUT2D eigenvalue weighted by Gasteiger charge is -2.49. The maximum atomic E-state index is 10.0. The van der Waals surface area contributed by atoms with Gasteiger partial charge in [0.2, 0.25) is 0 Å². The van der Waals surface area contributed by atoms with Crippen molar-refractivity contribution in [2.45, 2.75) is 94.3 Å². The summed E-state index contributed by atoms with van der Waals surface area (Å²) in [6.45, 7) is 1.65. The molecule has 1 saturated heterocycles. The van der Waals surface area contributed by atoms with E-state index in [2.05, 4.69) is 10.2 Å².